The van der Waals surface area contributed by atoms with Gasteiger partial charge in [-0.25, -0.2) is 0 Å². The molecule has 64 heavy (non-hydrogen) atoms. The second-order valence-corrected chi connectivity index (χ2v) is 20.8. The van der Waals surface area contributed by atoms with Gasteiger partial charge >= 0.3 is 11.9 Å². The quantitative estimate of drug-likeness (QED) is 0.249. The number of hydrogen-bond acceptors (Lipinski definition) is 16. The summed E-state index contributed by atoms with van der Waals surface area (Å²) in [7, 11) is 8.47. The lowest BCUT2D eigenvalue weighted by atomic mass is 9.70. The number of nitrogens with zero attached hydrogens (tertiary/aromatic N) is 1. The third-order valence-corrected chi connectivity index (χ3v) is 16.2. The van der Waals surface area contributed by atoms with Gasteiger partial charge in [-0.15, -0.1) is 11.8 Å². The minimum Gasteiger partial charge on any atom is -0.497 e. The van der Waals surface area contributed by atoms with Crippen LogP contribution in [-0.2, 0) is 58.0 Å². The van der Waals surface area contributed by atoms with Crippen molar-refractivity contribution in [1.29, 1.82) is 0 Å². The highest BCUT2D eigenvalue weighted by molar-refractivity contribution is 7.99. The molecule has 2 N–H and O–H groups in total. The Labute approximate surface area is 385 Å². The molecule has 5 rings (SSSR count). The summed E-state index contributed by atoms with van der Waals surface area (Å²) in [5.41, 5.74) is -2.70. The molecule has 0 bridgehead atoms. The third-order valence-electron chi connectivity index (χ3n) is 14.9. The van der Waals surface area contributed by atoms with E-state index in [4.69, 9.17) is 42.6 Å². The molecule has 0 amide bonds. The van der Waals surface area contributed by atoms with Crippen molar-refractivity contribution in [2.75, 3.05) is 35.4 Å². The maximum Gasteiger partial charge on any atom is 0.320 e. The number of ether oxygens (including phenoxy) is 9. The Morgan fingerprint density at radius 2 is 1.48 bits per heavy atom. The molecule has 364 valence electrons. The van der Waals surface area contributed by atoms with E-state index < -0.39 is 113 Å². The van der Waals surface area contributed by atoms with Crippen molar-refractivity contribution in [3.8, 4) is 5.75 Å². The maximum atomic E-state index is 15.0. The lowest BCUT2D eigenvalue weighted by Gasteiger charge is -2.50. The summed E-state index contributed by atoms with van der Waals surface area (Å²) in [6, 6.07) is 7.31. The highest BCUT2D eigenvalue weighted by Crippen LogP contribution is 2.50. The molecule has 0 radical (unpaired) electrons. The van der Waals surface area contributed by atoms with E-state index in [0.717, 1.165) is 5.56 Å². The first-order chi connectivity index (χ1) is 30.0. The van der Waals surface area contributed by atoms with Crippen molar-refractivity contribution < 1.29 is 67.2 Å². The van der Waals surface area contributed by atoms with Crippen LogP contribution in [0.4, 0.5) is 0 Å². The number of thioether (sulfide) groups is 1. The zero-order chi connectivity index (χ0) is 47.6. The summed E-state index contributed by atoms with van der Waals surface area (Å²) in [6.45, 7) is 18.3. The summed E-state index contributed by atoms with van der Waals surface area (Å²) in [5.74, 6) is -3.78. The zero-order valence-electron chi connectivity index (χ0n) is 40.7. The van der Waals surface area contributed by atoms with Gasteiger partial charge in [-0.3, -0.25) is 14.4 Å². The Balaban J connectivity index is 1.62. The fraction of sp³-hybridized carbons (Fsp3) is 0.812. The molecule has 1 aromatic rings. The minimum atomic E-state index is -1.37. The van der Waals surface area contributed by atoms with Gasteiger partial charge in [0.15, 0.2) is 18.2 Å². The Hall–Kier alpha value is -2.38. The lowest BCUT2D eigenvalue weighted by Crippen LogP contribution is -2.61. The van der Waals surface area contributed by atoms with Crippen LogP contribution in [0.25, 0.3) is 0 Å². The van der Waals surface area contributed by atoms with Crippen LogP contribution in [0.3, 0.4) is 0 Å². The van der Waals surface area contributed by atoms with Gasteiger partial charge in [0.25, 0.3) is 0 Å². The van der Waals surface area contributed by atoms with Crippen molar-refractivity contribution in [2.24, 2.45) is 29.6 Å². The molecule has 16 heteroatoms. The first-order valence-corrected chi connectivity index (χ1v) is 24.0. The zero-order valence-corrected chi connectivity index (χ0v) is 41.5. The second kappa shape index (κ2) is 21.3. The summed E-state index contributed by atoms with van der Waals surface area (Å²) < 4.78 is 57.0. The molecule has 0 aromatic heterocycles. The summed E-state index contributed by atoms with van der Waals surface area (Å²) in [4.78, 5) is 46.0. The number of cyclic esters (lactones) is 1. The van der Waals surface area contributed by atoms with E-state index in [9.17, 15) is 19.8 Å². The number of fused-ring (bicyclic) bond motifs is 1. The number of aliphatic hydroxyl groups excluding tert-OH is 2. The minimum absolute atomic E-state index is 0.115. The van der Waals surface area contributed by atoms with Gasteiger partial charge < -0.3 is 57.7 Å². The Morgan fingerprint density at radius 3 is 2.06 bits per heavy atom. The van der Waals surface area contributed by atoms with Crippen LogP contribution in [0.15, 0.2) is 24.3 Å². The monoisotopic (exact) mass is 924 g/mol. The second-order valence-electron chi connectivity index (χ2n) is 19.7. The number of carbonyl (C=O) groups is 3. The van der Waals surface area contributed by atoms with Crippen LogP contribution < -0.4 is 4.74 Å². The van der Waals surface area contributed by atoms with Gasteiger partial charge in [0.1, 0.15) is 35.1 Å². The highest BCUT2D eigenvalue weighted by Gasteiger charge is 2.62. The smallest absolute Gasteiger partial charge is 0.320 e. The third kappa shape index (κ3) is 10.8. The van der Waals surface area contributed by atoms with E-state index in [-0.39, 0.29) is 37.2 Å². The molecule has 15 nitrogen and oxygen atoms in total. The molecule has 2 unspecified atom stereocenters. The fourth-order valence-electron chi connectivity index (χ4n) is 10.8. The van der Waals surface area contributed by atoms with Crippen LogP contribution in [0.1, 0.15) is 100 Å². The van der Waals surface area contributed by atoms with Crippen molar-refractivity contribution in [3.05, 3.63) is 29.8 Å². The number of carbonyl (C=O) groups excluding carboxylic acids is 3. The molecule has 4 fully saturated rings. The topological polar surface area (TPSA) is 178 Å². The van der Waals surface area contributed by atoms with E-state index >= 15 is 4.79 Å². The van der Waals surface area contributed by atoms with Gasteiger partial charge in [-0.05, 0) is 92.6 Å². The SMILES string of the molecule is CC[C@H]1OC(=O)[C@H](C)[C@@H](O[C@H]2C[C@@](C)(OC)[C@@H](O)[C@@H](C)O2)[C@H](C)[C@@H](O[C@@H]2O[C@H](C)C[C@H](N(C)C)[C@H]2O)[C@](C)(OC)C[C@@H](C)C(=O)[C@@H](C)C2C(SCc3ccc(OC)cc3)C(=O)O[C@@]21C. The first-order valence-electron chi connectivity index (χ1n) is 22.9. The molecule has 4 aliphatic rings. The number of methoxy groups -OCH3 is 3. The van der Waals surface area contributed by atoms with Gasteiger partial charge in [0.2, 0.25) is 0 Å². The fourth-order valence-corrected chi connectivity index (χ4v) is 12.3. The predicted octanol–water partition coefficient (Wildman–Crippen LogP) is 5.57. The van der Waals surface area contributed by atoms with E-state index in [1.54, 1.807) is 41.9 Å². The van der Waals surface area contributed by atoms with Crippen molar-refractivity contribution >= 4 is 29.5 Å². The standard InChI is InChI=1S/C48H77NO14S/c1-16-34-48(10)36(40(44(54)63-48)64-24-31-17-19-32(55-13)20-18-31)27(4)37(50)25(2)22-47(9,57-15)42(62-45-38(51)33(49(11)12)21-26(3)58-45)28(5)39(29(6)43(53)60-34)61-35-23-46(8,56-14)41(52)30(7)59-35/h17-20,25-30,33-36,38-42,45,51-52H,16,21-24H2,1-15H3/t25-,26-,27+,28+,29-,30-,33+,34-,35+,36?,38-,39+,40?,41+,42-,45+,46-,47-,48-/m1/s1. The number of Topliss-reactive ketones (excluding diaryl/α,β-unsaturated/α-hetero) is 1. The van der Waals surface area contributed by atoms with Crippen molar-refractivity contribution in [3.63, 3.8) is 0 Å². The van der Waals surface area contributed by atoms with Gasteiger partial charge in [0, 0.05) is 56.1 Å². The van der Waals surface area contributed by atoms with E-state index in [2.05, 4.69) is 0 Å². The first kappa shape index (κ1) is 52.6. The van der Waals surface area contributed by atoms with E-state index in [0.29, 0.717) is 17.9 Å². The molecule has 0 aliphatic carbocycles. The molecular weight excluding hydrogens is 847 g/mol. The van der Waals surface area contributed by atoms with Crippen molar-refractivity contribution in [1.82, 2.24) is 4.90 Å². The molecular formula is C48H77NO14S. The molecule has 0 saturated carbocycles. The van der Waals surface area contributed by atoms with Crippen LogP contribution in [0.2, 0.25) is 0 Å². The maximum absolute atomic E-state index is 15.0. The molecule has 4 saturated heterocycles. The average Bonchev–Trinajstić information content (AvgIpc) is 3.52. The van der Waals surface area contributed by atoms with Crippen LogP contribution in [0.5, 0.6) is 5.75 Å². The number of rotatable bonds is 12. The molecule has 0 spiro atoms. The molecule has 4 aliphatic heterocycles. The van der Waals surface area contributed by atoms with Crippen LogP contribution >= 0.6 is 11.8 Å². The normalized spacial score (nSPS) is 43.9. The number of aliphatic hydroxyl groups is 2. The predicted molar refractivity (Wildman–Crippen MR) is 240 cm³/mol. The number of hydrogen-bond donors (Lipinski definition) is 2. The Morgan fingerprint density at radius 1 is 0.844 bits per heavy atom. The van der Waals surface area contributed by atoms with Gasteiger partial charge in [-0.2, -0.15) is 0 Å². The Bertz CT molecular complexity index is 1740. The van der Waals surface area contributed by atoms with E-state index in [1.165, 1.54) is 18.9 Å². The number of benzene rings is 1. The largest absolute Gasteiger partial charge is 0.497 e. The van der Waals surface area contributed by atoms with Crippen LogP contribution in [0, 0.1) is 29.6 Å². The van der Waals surface area contributed by atoms with Gasteiger partial charge in [0.05, 0.1) is 48.6 Å². The number of ketones is 1. The van der Waals surface area contributed by atoms with E-state index in [1.807, 2.05) is 84.8 Å². The van der Waals surface area contributed by atoms with Crippen LogP contribution in [-0.4, -0.2) is 152 Å². The summed E-state index contributed by atoms with van der Waals surface area (Å²) in [5, 5.41) is 22.1. The lowest BCUT2D eigenvalue weighted by molar-refractivity contribution is -0.319. The highest BCUT2D eigenvalue weighted by atomic mass is 32.2. The van der Waals surface area contributed by atoms with Gasteiger partial charge in [-0.1, -0.05) is 39.8 Å². The summed E-state index contributed by atoms with van der Waals surface area (Å²) >= 11 is 1.40. The number of likely N-dealkylation sites (N-methyl/N-ethyl adjacent to an activating group) is 1. The Kier molecular flexibility index (Phi) is 17.5. The molecule has 19 atom stereocenters. The summed E-state index contributed by atoms with van der Waals surface area (Å²) in [6.07, 6.45) is -6.79. The number of esters is 2. The molecule has 4 heterocycles. The van der Waals surface area contributed by atoms with Crippen molar-refractivity contribution in [2.45, 2.75) is 184 Å². The average molecular weight is 924 g/mol. The molecule has 1 aromatic carbocycles.